The van der Waals surface area contributed by atoms with Crippen LogP contribution in [0, 0.1) is 0 Å². The van der Waals surface area contributed by atoms with Crippen LogP contribution in [0.25, 0.3) is 6.08 Å². The molecule has 0 radical (unpaired) electrons. The minimum Gasteiger partial charge on any atom is -0.336 e. The van der Waals surface area contributed by atoms with Gasteiger partial charge in [-0.15, -0.1) is 0 Å². The SMILES string of the molecule is CCCCCCCCCSC(C=Cc1ccc(Cl)cc1)Cn1ccnc1. The standard InChI is InChI=1S/C22H31ClN2S/c1-2-3-4-5-6-7-8-17-26-22(18-25-16-15-24-19-25)14-11-20-9-12-21(23)13-10-20/h9-16,19,22H,2-8,17-18H2,1H3. The molecule has 4 heteroatoms. The van der Waals surface area contributed by atoms with Crippen molar-refractivity contribution < 1.29 is 0 Å². The highest BCUT2D eigenvalue weighted by Gasteiger charge is 2.06. The first-order valence-corrected chi connectivity index (χ1v) is 11.2. The van der Waals surface area contributed by atoms with Crippen molar-refractivity contribution in [3.8, 4) is 0 Å². The van der Waals surface area contributed by atoms with Gasteiger partial charge >= 0.3 is 0 Å². The number of thioether (sulfide) groups is 1. The molecular weight excluding hydrogens is 360 g/mol. The van der Waals surface area contributed by atoms with E-state index in [9.17, 15) is 0 Å². The summed E-state index contributed by atoms with van der Waals surface area (Å²) in [6, 6.07) is 8.01. The molecule has 0 amide bonds. The van der Waals surface area contributed by atoms with Gasteiger partial charge in [0.15, 0.2) is 0 Å². The van der Waals surface area contributed by atoms with Gasteiger partial charge in [-0.2, -0.15) is 11.8 Å². The maximum Gasteiger partial charge on any atom is 0.0946 e. The maximum absolute atomic E-state index is 5.97. The molecule has 0 fully saturated rings. The summed E-state index contributed by atoms with van der Waals surface area (Å²) >= 11 is 8.02. The first-order valence-electron chi connectivity index (χ1n) is 9.79. The lowest BCUT2D eigenvalue weighted by molar-refractivity contribution is 0.603. The highest BCUT2D eigenvalue weighted by Crippen LogP contribution is 2.20. The molecule has 0 aliphatic rings. The average molecular weight is 391 g/mol. The molecule has 0 spiro atoms. The molecule has 1 aromatic heterocycles. The van der Waals surface area contributed by atoms with Crippen molar-refractivity contribution in [1.82, 2.24) is 9.55 Å². The topological polar surface area (TPSA) is 17.8 Å². The van der Waals surface area contributed by atoms with E-state index in [4.69, 9.17) is 11.6 Å². The third-order valence-electron chi connectivity index (χ3n) is 4.40. The minimum atomic E-state index is 0.458. The number of halogens is 1. The van der Waals surface area contributed by atoms with E-state index in [-0.39, 0.29) is 0 Å². The maximum atomic E-state index is 5.97. The van der Waals surface area contributed by atoms with Crippen molar-refractivity contribution >= 4 is 29.4 Å². The van der Waals surface area contributed by atoms with Crippen molar-refractivity contribution in [3.05, 3.63) is 59.6 Å². The average Bonchev–Trinajstić information content (AvgIpc) is 3.16. The minimum absolute atomic E-state index is 0.458. The van der Waals surface area contributed by atoms with E-state index in [0.29, 0.717) is 5.25 Å². The first-order chi connectivity index (χ1) is 12.8. The summed E-state index contributed by atoms with van der Waals surface area (Å²) < 4.78 is 2.16. The van der Waals surface area contributed by atoms with Gasteiger partial charge in [-0.05, 0) is 29.9 Å². The smallest absolute Gasteiger partial charge is 0.0946 e. The molecule has 0 saturated carbocycles. The molecular formula is C22H31ClN2S. The third-order valence-corrected chi connectivity index (χ3v) is 5.91. The van der Waals surface area contributed by atoms with Crippen LogP contribution < -0.4 is 0 Å². The summed E-state index contributed by atoms with van der Waals surface area (Å²) in [5.74, 6) is 1.22. The van der Waals surface area contributed by atoms with Crippen LogP contribution in [0.3, 0.4) is 0 Å². The quantitative estimate of drug-likeness (QED) is 0.339. The van der Waals surface area contributed by atoms with Gasteiger partial charge in [0.1, 0.15) is 0 Å². The van der Waals surface area contributed by atoms with Gasteiger partial charge in [0.05, 0.1) is 6.33 Å². The fourth-order valence-corrected chi connectivity index (χ4v) is 4.12. The van der Waals surface area contributed by atoms with Gasteiger partial charge in [0, 0.05) is 29.2 Å². The Hall–Kier alpha value is -1.19. The molecule has 0 aliphatic heterocycles. The number of rotatable bonds is 13. The summed E-state index contributed by atoms with van der Waals surface area (Å²) in [4.78, 5) is 4.16. The predicted molar refractivity (Wildman–Crippen MR) is 117 cm³/mol. The molecule has 1 heterocycles. The normalized spacial score (nSPS) is 12.7. The second-order valence-electron chi connectivity index (χ2n) is 6.70. The van der Waals surface area contributed by atoms with Gasteiger partial charge in [0.2, 0.25) is 0 Å². The number of hydrogen-bond acceptors (Lipinski definition) is 2. The van der Waals surface area contributed by atoms with E-state index in [1.54, 1.807) is 0 Å². The summed E-state index contributed by atoms with van der Waals surface area (Å²) in [5.41, 5.74) is 1.20. The number of aromatic nitrogens is 2. The highest BCUT2D eigenvalue weighted by atomic mass is 35.5. The van der Waals surface area contributed by atoms with E-state index in [1.165, 1.54) is 56.3 Å². The van der Waals surface area contributed by atoms with Crippen LogP contribution in [-0.4, -0.2) is 20.6 Å². The molecule has 0 aliphatic carbocycles. The molecule has 142 valence electrons. The molecule has 1 aromatic carbocycles. The van der Waals surface area contributed by atoms with Crippen LogP contribution in [0.5, 0.6) is 0 Å². The summed E-state index contributed by atoms with van der Waals surface area (Å²) in [7, 11) is 0. The Balaban J connectivity index is 1.77. The summed E-state index contributed by atoms with van der Waals surface area (Å²) in [6.07, 6.45) is 19.9. The zero-order valence-corrected chi connectivity index (χ0v) is 17.4. The first kappa shape index (κ1) is 21.1. The van der Waals surface area contributed by atoms with E-state index < -0.39 is 0 Å². The Labute approximate surface area is 168 Å². The molecule has 26 heavy (non-hydrogen) atoms. The van der Waals surface area contributed by atoms with Crippen molar-refractivity contribution in [2.45, 2.75) is 63.7 Å². The largest absolute Gasteiger partial charge is 0.336 e. The van der Waals surface area contributed by atoms with Crippen molar-refractivity contribution in [1.29, 1.82) is 0 Å². The van der Waals surface area contributed by atoms with Crippen molar-refractivity contribution in [3.63, 3.8) is 0 Å². The van der Waals surface area contributed by atoms with Crippen molar-refractivity contribution in [2.75, 3.05) is 5.75 Å². The van der Waals surface area contributed by atoms with Gasteiger partial charge in [0.25, 0.3) is 0 Å². The van der Waals surface area contributed by atoms with E-state index in [0.717, 1.165) is 11.6 Å². The lowest BCUT2D eigenvalue weighted by Crippen LogP contribution is -2.10. The van der Waals surface area contributed by atoms with E-state index >= 15 is 0 Å². The molecule has 1 atom stereocenters. The Morgan fingerprint density at radius 3 is 2.50 bits per heavy atom. The van der Waals surface area contributed by atoms with Crippen LogP contribution in [0.15, 0.2) is 49.1 Å². The molecule has 0 saturated heterocycles. The fourth-order valence-electron chi connectivity index (χ4n) is 2.86. The van der Waals surface area contributed by atoms with Crippen LogP contribution in [0.4, 0.5) is 0 Å². The Morgan fingerprint density at radius 1 is 1.08 bits per heavy atom. The number of imidazole rings is 1. The molecule has 0 N–H and O–H groups in total. The van der Waals surface area contributed by atoms with Crippen LogP contribution in [-0.2, 0) is 6.54 Å². The molecule has 2 aromatic rings. The predicted octanol–water partition coefficient (Wildman–Crippen LogP) is 7.10. The van der Waals surface area contributed by atoms with Crippen LogP contribution in [0.1, 0.15) is 57.4 Å². The Morgan fingerprint density at radius 2 is 1.81 bits per heavy atom. The number of nitrogens with zero attached hydrogens (tertiary/aromatic N) is 2. The Kier molecular flexibility index (Phi) is 10.6. The van der Waals surface area contributed by atoms with Crippen LogP contribution in [0.2, 0.25) is 5.02 Å². The van der Waals surface area contributed by atoms with E-state index in [1.807, 2.05) is 42.6 Å². The van der Waals surface area contributed by atoms with Gasteiger partial charge in [-0.25, -0.2) is 4.98 Å². The zero-order chi connectivity index (χ0) is 18.5. The molecule has 1 unspecified atom stereocenters. The third kappa shape index (κ3) is 8.95. The molecule has 0 bridgehead atoms. The van der Waals surface area contributed by atoms with Gasteiger partial charge < -0.3 is 4.57 Å². The second kappa shape index (κ2) is 13.1. The van der Waals surface area contributed by atoms with E-state index in [2.05, 4.69) is 40.8 Å². The zero-order valence-electron chi connectivity index (χ0n) is 15.8. The van der Waals surface area contributed by atoms with Crippen LogP contribution >= 0.6 is 23.4 Å². The molecule has 2 rings (SSSR count). The fraction of sp³-hybridized carbons (Fsp3) is 0.500. The highest BCUT2D eigenvalue weighted by molar-refractivity contribution is 8.00. The number of hydrogen-bond donors (Lipinski definition) is 0. The van der Waals surface area contributed by atoms with Gasteiger partial charge in [-0.1, -0.05) is 81.3 Å². The summed E-state index contributed by atoms with van der Waals surface area (Å²) in [5, 5.41) is 1.24. The monoisotopic (exact) mass is 390 g/mol. The number of unbranched alkanes of at least 4 members (excludes halogenated alkanes) is 6. The Bertz CT molecular complexity index is 608. The number of benzene rings is 1. The lowest BCUT2D eigenvalue weighted by Gasteiger charge is -2.13. The summed E-state index contributed by atoms with van der Waals surface area (Å²) in [6.45, 7) is 3.24. The second-order valence-corrected chi connectivity index (χ2v) is 8.48. The molecule has 2 nitrogen and oxygen atoms in total. The van der Waals surface area contributed by atoms with Crippen molar-refractivity contribution in [2.24, 2.45) is 0 Å². The van der Waals surface area contributed by atoms with Gasteiger partial charge in [-0.3, -0.25) is 0 Å². The lowest BCUT2D eigenvalue weighted by atomic mass is 10.1.